The fourth-order valence-electron chi connectivity index (χ4n) is 1.45. The third-order valence-corrected chi connectivity index (χ3v) is 3.31. The van der Waals surface area contributed by atoms with Gasteiger partial charge in [-0.2, -0.15) is 0 Å². The second-order valence-corrected chi connectivity index (χ2v) is 4.47. The van der Waals surface area contributed by atoms with Crippen LogP contribution < -0.4 is 0 Å². The molecule has 0 fully saturated rings. The van der Waals surface area contributed by atoms with E-state index in [1.54, 1.807) is 23.7 Å². The van der Waals surface area contributed by atoms with Crippen molar-refractivity contribution < 1.29 is 0 Å². The Morgan fingerprint density at radius 2 is 1.88 bits per heavy atom. The first-order valence-electron chi connectivity index (χ1n) is 4.66. The van der Waals surface area contributed by atoms with Gasteiger partial charge in [-0.15, -0.1) is 11.3 Å². The van der Waals surface area contributed by atoms with E-state index >= 15 is 0 Å². The standard InChI is InChI=1S/C11H6ClN3S/c12-9-8-3-6-16-11(8)15-10(14-9)7-1-4-13-5-2-7/h1-6H. The molecule has 3 heterocycles. The van der Waals surface area contributed by atoms with Gasteiger partial charge >= 0.3 is 0 Å². The lowest BCUT2D eigenvalue weighted by molar-refractivity contribution is 1.22. The lowest BCUT2D eigenvalue weighted by Gasteiger charge is -2.00. The van der Waals surface area contributed by atoms with E-state index in [9.17, 15) is 0 Å². The van der Waals surface area contributed by atoms with Crippen LogP contribution in [0.2, 0.25) is 5.15 Å². The number of fused-ring (bicyclic) bond motifs is 1. The van der Waals surface area contributed by atoms with Gasteiger partial charge in [0, 0.05) is 23.3 Å². The Morgan fingerprint density at radius 1 is 1.06 bits per heavy atom. The molecule has 0 radical (unpaired) electrons. The Morgan fingerprint density at radius 3 is 2.69 bits per heavy atom. The molecule has 3 aromatic rings. The predicted molar refractivity (Wildman–Crippen MR) is 65.7 cm³/mol. The zero-order valence-corrected chi connectivity index (χ0v) is 9.66. The third-order valence-electron chi connectivity index (χ3n) is 2.22. The summed E-state index contributed by atoms with van der Waals surface area (Å²) in [5.41, 5.74) is 0.923. The number of aromatic nitrogens is 3. The van der Waals surface area contributed by atoms with Crippen molar-refractivity contribution in [1.29, 1.82) is 0 Å². The van der Waals surface area contributed by atoms with Crippen LogP contribution in [0, 0.1) is 0 Å². The number of hydrogen-bond donors (Lipinski definition) is 0. The van der Waals surface area contributed by atoms with Crippen LogP contribution in [0.1, 0.15) is 0 Å². The van der Waals surface area contributed by atoms with E-state index in [-0.39, 0.29) is 0 Å². The maximum Gasteiger partial charge on any atom is 0.162 e. The number of halogens is 1. The highest BCUT2D eigenvalue weighted by Crippen LogP contribution is 2.27. The minimum Gasteiger partial charge on any atom is -0.265 e. The average Bonchev–Trinajstić information content (AvgIpc) is 2.79. The van der Waals surface area contributed by atoms with E-state index in [4.69, 9.17) is 11.6 Å². The highest BCUT2D eigenvalue weighted by Gasteiger charge is 2.08. The van der Waals surface area contributed by atoms with Crippen LogP contribution in [0.15, 0.2) is 36.0 Å². The van der Waals surface area contributed by atoms with E-state index in [0.29, 0.717) is 11.0 Å². The molecule has 0 aliphatic rings. The van der Waals surface area contributed by atoms with E-state index in [1.165, 1.54) is 0 Å². The summed E-state index contributed by atoms with van der Waals surface area (Å²) in [6, 6.07) is 5.66. The molecule has 3 nitrogen and oxygen atoms in total. The summed E-state index contributed by atoms with van der Waals surface area (Å²) in [5, 5.41) is 3.37. The maximum absolute atomic E-state index is 6.09. The highest BCUT2D eigenvalue weighted by molar-refractivity contribution is 7.16. The minimum atomic E-state index is 0.498. The van der Waals surface area contributed by atoms with Gasteiger partial charge in [-0.25, -0.2) is 9.97 Å². The van der Waals surface area contributed by atoms with Gasteiger partial charge in [0.15, 0.2) is 5.82 Å². The number of pyridine rings is 1. The molecule has 0 saturated carbocycles. The molecule has 0 spiro atoms. The second-order valence-electron chi connectivity index (χ2n) is 3.21. The molecule has 0 N–H and O–H groups in total. The average molecular weight is 248 g/mol. The topological polar surface area (TPSA) is 38.7 Å². The van der Waals surface area contributed by atoms with E-state index in [2.05, 4.69) is 15.0 Å². The summed E-state index contributed by atoms with van der Waals surface area (Å²) in [5.74, 6) is 0.641. The first-order valence-corrected chi connectivity index (χ1v) is 5.91. The molecule has 0 bridgehead atoms. The van der Waals surface area contributed by atoms with Crippen LogP contribution >= 0.6 is 22.9 Å². The van der Waals surface area contributed by atoms with Crippen LogP contribution in [-0.2, 0) is 0 Å². The fourth-order valence-corrected chi connectivity index (χ4v) is 2.50. The molecule has 3 aromatic heterocycles. The van der Waals surface area contributed by atoms with Crippen molar-refractivity contribution in [1.82, 2.24) is 15.0 Å². The van der Waals surface area contributed by atoms with E-state index in [0.717, 1.165) is 15.8 Å². The molecular formula is C11H6ClN3S. The molecule has 5 heteroatoms. The van der Waals surface area contributed by atoms with Gasteiger partial charge in [0.1, 0.15) is 9.98 Å². The molecule has 78 valence electrons. The normalized spacial score (nSPS) is 10.8. The smallest absolute Gasteiger partial charge is 0.162 e. The van der Waals surface area contributed by atoms with Gasteiger partial charge in [0.25, 0.3) is 0 Å². The molecule has 0 saturated heterocycles. The van der Waals surface area contributed by atoms with Gasteiger partial charge in [-0.3, -0.25) is 4.98 Å². The summed E-state index contributed by atoms with van der Waals surface area (Å²) in [4.78, 5) is 13.6. The van der Waals surface area contributed by atoms with Gasteiger partial charge in [0.2, 0.25) is 0 Å². The van der Waals surface area contributed by atoms with Gasteiger partial charge in [-0.05, 0) is 23.6 Å². The monoisotopic (exact) mass is 247 g/mol. The van der Waals surface area contributed by atoms with Crippen LogP contribution in [0.25, 0.3) is 21.6 Å². The van der Waals surface area contributed by atoms with E-state index < -0.39 is 0 Å². The lowest BCUT2D eigenvalue weighted by atomic mass is 10.2. The van der Waals surface area contributed by atoms with Crippen LogP contribution in [0.5, 0.6) is 0 Å². The number of rotatable bonds is 1. The molecule has 0 aromatic carbocycles. The molecule has 0 aliphatic heterocycles. The Balaban J connectivity index is 2.25. The summed E-state index contributed by atoms with van der Waals surface area (Å²) < 4.78 is 0. The molecular weight excluding hydrogens is 242 g/mol. The maximum atomic E-state index is 6.09. The molecule has 16 heavy (non-hydrogen) atoms. The number of hydrogen-bond acceptors (Lipinski definition) is 4. The lowest BCUT2D eigenvalue weighted by Crippen LogP contribution is -1.89. The van der Waals surface area contributed by atoms with Crippen molar-refractivity contribution in [2.75, 3.05) is 0 Å². The Hall–Kier alpha value is -1.52. The third kappa shape index (κ3) is 1.56. The Labute approximate surface area is 101 Å². The van der Waals surface area contributed by atoms with Crippen molar-refractivity contribution in [3.8, 4) is 11.4 Å². The molecule has 0 atom stereocenters. The molecule has 0 unspecified atom stereocenters. The quantitative estimate of drug-likeness (QED) is 0.619. The number of thiophene rings is 1. The fraction of sp³-hybridized carbons (Fsp3) is 0. The first-order chi connectivity index (χ1) is 7.84. The molecule has 3 rings (SSSR count). The van der Waals surface area contributed by atoms with Gasteiger partial charge in [-0.1, -0.05) is 11.6 Å². The molecule has 0 amide bonds. The van der Waals surface area contributed by atoms with Crippen LogP contribution in [0.4, 0.5) is 0 Å². The SMILES string of the molecule is Clc1nc(-c2ccncc2)nc2sccc12. The molecule has 0 aliphatic carbocycles. The predicted octanol–water partition coefficient (Wildman–Crippen LogP) is 3.41. The van der Waals surface area contributed by atoms with Gasteiger partial charge in [0.05, 0.1) is 0 Å². The Bertz CT molecular complexity index is 636. The summed E-state index contributed by atoms with van der Waals surface area (Å²) in [6.07, 6.45) is 3.43. The van der Waals surface area contributed by atoms with Crippen molar-refractivity contribution in [2.24, 2.45) is 0 Å². The van der Waals surface area contributed by atoms with Gasteiger partial charge < -0.3 is 0 Å². The van der Waals surface area contributed by atoms with Crippen LogP contribution in [-0.4, -0.2) is 15.0 Å². The Kier molecular flexibility index (Phi) is 2.31. The second kappa shape index (κ2) is 3.81. The zero-order valence-electron chi connectivity index (χ0n) is 8.09. The van der Waals surface area contributed by atoms with Crippen molar-refractivity contribution in [3.63, 3.8) is 0 Å². The first kappa shape index (κ1) is 9.69. The van der Waals surface area contributed by atoms with Crippen molar-refractivity contribution in [3.05, 3.63) is 41.1 Å². The summed E-state index contributed by atoms with van der Waals surface area (Å²) in [6.45, 7) is 0. The largest absolute Gasteiger partial charge is 0.265 e. The van der Waals surface area contributed by atoms with Crippen LogP contribution in [0.3, 0.4) is 0 Å². The zero-order chi connectivity index (χ0) is 11.0. The highest BCUT2D eigenvalue weighted by atomic mass is 35.5. The van der Waals surface area contributed by atoms with Crippen molar-refractivity contribution in [2.45, 2.75) is 0 Å². The minimum absolute atomic E-state index is 0.498. The summed E-state index contributed by atoms with van der Waals surface area (Å²) in [7, 11) is 0. The van der Waals surface area contributed by atoms with E-state index in [1.807, 2.05) is 23.6 Å². The van der Waals surface area contributed by atoms with Crippen molar-refractivity contribution >= 4 is 33.2 Å². The number of nitrogens with zero attached hydrogens (tertiary/aromatic N) is 3. The summed E-state index contributed by atoms with van der Waals surface area (Å²) >= 11 is 7.65.